The molecule has 38 heavy (non-hydrogen) atoms. The zero-order valence-corrected chi connectivity index (χ0v) is 23.9. The summed E-state index contributed by atoms with van der Waals surface area (Å²) in [5.41, 5.74) is 3.83. The first-order valence-corrected chi connectivity index (χ1v) is 13.8. The average Bonchev–Trinajstić information content (AvgIpc) is 3.11. The number of rotatable bonds is 2. The first-order chi connectivity index (χ1) is 17.4. The van der Waals surface area contributed by atoms with Crippen LogP contribution in [0.4, 0.5) is 17.3 Å². The van der Waals surface area contributed by atoms with Crippen molar-refractivity contribution in [3.05, 3.63) is 58.7 Å². The molecule has 0 bridgehead atoms. The van der Waals surface area contributed by atoms with Crippen molar-refractivity contribution in [3.8, 4) is 11.5 Å². The van der Waals surface area contributed by atoms with Gasteiger partial charge in [0, 0.05) is 0 Å². The van der Waals surface area contributed by atoms with E-state index in [9.17, 15) is 27.5 Å². The molecule has 4 rings (SSSR count). The molecule has 211 valence electrons. The van der Waals surface area contributed by atoms with Crippen LogP contribution in [0, 0.1) is 0 Å². The van der Waals surface area contributed by atoms with Crippen LogP contribution in [0.15, 0.2) is 36.4 Å². The van der Waals surface area contributed by atoms with Crippen LogP contribution in [0.3, 0.4) is 0 Å². The molecule has 1 saturated heterocycles. The minimum absolute atomic E-state index is 0.00322. The van der Waals surface area contributed by atoms with E-state index in [-0.39, 0.29) is 10.8 Å². The molecule has 0 unspecified atom stereocenters. The number of fused-ring (bicyclic) bond motifs is 1. The fraction of sp³-hybridized carbons (Fsp3) is 0.500. The molecule has 0 amide bonds. The minimum Gasteiger partial charge on any atom is -0.418 e. The number of phenols is 2. The van der Waals surface area contributed by atoms with Crippen molar-refractivity contribution in [3.63, 3.8) is 0 Å². The van der Waals surface area contributed by atoms with Gasteiger partial charge in [-0.3, -0.25) is 0 Å². The predicted octanol–water partition coefficient (Wildman–Crippen LogP) is 6.79. The topological polar surface area (TPSA) is 46.5 Å². The van der Waals surface area contributed by atoms with E-state index in [1.807, 2.05) is 18.2 Å². The second kappa shape index (κ2) is 11.4. The van der Waals surface area contributed by atoms with Gasteiger partial charge in [-0.25, -0.2) is 0 Å². The van der Waals surface area contributed by atoms with E-state index >= 15 is 0 Å². The minimum atomic E-state index is -6.00. The molecule has 2 aromatic rings. The van der Waals surface area contributed by atoms with Gasteiger partial charge in [-0.05, 0) is 0 Å². The maximum absolute atomic E-state index is 11.3. The third-order valence-corrected chi connectivity index (χ3v) is 8.16. The second-order valence-corrected chi connectivity index (χ2v) is 13.2. The summed E-state index contributed by atoms with van der Waals surface area (Å²) in [7, 11) is -6.00. The zero-order chi connectivity index (χ0) is 28.5. The number of para-hydroxylation sites is 1. The fourth-order valence-corrected chi connectivity index (χ4v) is 6.29. The predicted molar refractivity (Wildman–Crippen MR) is 141 cm³/mol. The Morgan fingerprint density at radius 1 is 0.816 bits per heavy atom. The molecule has 1 aliphatic heterocycles. The summed E-state index contributed by atoms with van der Waals surface area (Å²) >= 11 is 1.10. The van der Waals surface area contributed by atoms with Crippen LogP contribution in [0.1, 0.15) is 89.5 Å². The number of aromatic hydroxyl groups is 2. The Morgan fingerprint density at radius 2 is 1.32 bits per heavy atom. The summed E-state index contributed by atoms with van der Waals surface area (Å²) < 4.78 is 43.7. The van der Waals surface area contributed by atoms with E-state index in [0.717, 1.165) is 44.7 Å². The number of phenolic OH excluding ortho intramolecular Hbond substituents is 2. The Hall–Kier alpha value is -2.33. The molecule has 1 aliphatic carbocycles. The molecule has 0 radical (unpaired) electrons. The molecule has 2 N–H and O–H groups in total. The van der Waals surface area contributed by atoms with Crippen molar-refractivity contribution < 1.29 is 49.9 Å². The fourth-order valence-electron chi connectivity index (χ4n) is 4.67. The SMILES string of the molecule is CC(C)(C)c1cc(C=[N+]2[Co][N+](=Cc3ccccc3O)[C@H]3CCCC[C@@H]32)c(O)c(C(C)(C)C)c1.F[B-](F)(F)F. The van der Waals surface area contributed by atoms with E-state index in [0.29, 0.717) is 23.6 Å². The second-order valence-electron chi connectivity index (χ2n) is 11.9. The van der Waals surface area contributed by atoms with Gasteiger partial charge < -0.3 is 17.3 Å². The maximum Gasteiger partial charge on any atom is 0.673 e. The third kappa shape index (κ3) is 7.85. The Balaban J connectivity index is 0.000000732. The molecule has 0 spiro atoms. The van der Waals surface area contributed by atoms with Gasteiger partial charge in [-0.15, -0.1) is 0 Å². The van der Waals surface area contributed by atoms with Crippen LogP contribution < -0.4 is 0 Å². The maximum atomic E-state index is 11.3. The van der Waals surface area contributed by atoms with Crippen LogP contribution in [-0.4, -0.2) is 49.2 Å². The van der Waals surface area contributed by atoms with Crippen LogP contribution in [0.2, 0.25) is 0 Å². The normalized spacial score (nSPS) is 22.5. The first-order valence-electron chi connectivity index (χ1n) is 12.9. The molecule has 1 saturated carbocycles. The van der Waals surface area contributed by atoms with E-state index in [4.69, 9.17) is 0 Å². The largest absolute Gasteiger partial charge is 0.673 e. The summed E-state index contributed by atoms with van der Waals surface area (Å²) in [5, 5.41) is 21.6. The molecule has 2 aliphatic rings. The van der Waals surface area contributed by atoms with E-state index in [1.165, 1.54) is 18.4 Å². The van der Waals surface area contributed by atoms with Crippen LogP contribution in [0.5, 0.6) is 11.5 Å². The van der Waals surface area contributed by atoms with E-state index < -0.39 is 7.25 Å². The van der Waals surface area contributed by atoms with Gasteiger partial charge in [0.05, 0.1) is 0 Å². The van der Waals surface area contributed by atoms with Crippen LogP contribution in [-0.2, 0) is 26.0 Å². The molecular weight excluding hydrogens is 542 g/mol. The Labute approximate surface area is 229 Å². The summed E-state index contributed by atoms with van der Waals surface area (Å²) in [6.45, 7) is 13.2. The van der Waals surface area contributed by atoms with Crippen molar-refractivity contribution in [2.24, 2.45) is 0 Å². The van der Waals surface area contributed by atoms with E-state index in [1.54, 1.807) is 6.07 Å². The smallest absolute Gasteiger partial charge is 0.418 e. The quantitative estimate of drug-likeness (QED) is 0.304. The van der Waals surface area contributed by atoms with Crippen molar-refractivity contribution in [2.45, 2.75) is 90.1 Å². The third-order valence-electron chi connectivity index (χ3n) is 6.72. The molecule has 2 fully saturated rings. The molecule has 2 aromatic carbocycles. The number of nitrogens with zero attached hydrogens (tertiary/aromatic N) is 2. The van der Waals surface area contributed by atoms with Gasteiger partial charge >= 0.3 is 213 Å². The van der Waals surface area contributed by atoms with Gasteiger partial charge in [0.15, 0.2) is 0 Å². The monoisotopic (exact) mass is 580 g/mol. The first kappa shape index (κ1) is 30.2. The van der Waals surface area contributed by atoms with Crippen molar-refractivity contribution >= 4 is 19.7 Å². The molecule has 2 atom stereocenters. The number of benzene rings is 2. The summed E-state index contributed by atoms with van der Waals surface area (Å²) in [4.78, 5) is 0. The van der Waals surface area contributed by atoms with E-state index in [2.05, 4.69) is 73.4 Å². The summed E-state index contributed by atoms with van der Waals surface area (Å²) in [6.07, 6.45) is 9.01. The molecular formula is C28H38BCoF4N2O2+. The van der Waals surface area contributed by atoms with Gasteiger partial charge in [0.25, 0.3) is 0 Å². The van der Waals surface area contributed by atoms with Gasteiger partial charge in [0.1, 0.15) is 0 Å². The van der Waals surface area contributed by atoms with Crippen molar-refractivity contribution in [2.75, 3.05) is 0 Å². The Morgan fingerprint density at radius 3 is 1.79 bits per heavy atom. The number of halogens is 4. The number of hydrogen-bond acceptors (Lipinski definition) is 2. The molecule has 4 nitrogen and oxygen atoms in total. The van der Waals surface area contributed by atoms with Gasteiger partial charge in [-0.1, -0.05) is 0 Å². The summed E-state index contributed by atoms with van der Waals surface area (Å²) in [5.74, 6) is 0.702. The number of hydrogen-bond donors (Lipinski definition) is 2. The molecule has 0 aromatic heterocycles. The van der Waals surface area contributed by atoms with Gasteiger partial charge in [0.2, 0.25) is 0 Å². The van der Waals surface area contributed by atoms with Crippen LogP contribution >= 0.6 is 0 Å². The summed E-state index contributed by atoms with van der Waals surface area (Å²) in [6, 6.07) is 12.7. The Kier molecular flexibility index (Phi) is 9.08. The van der Waals surface area contributed by atoms with Gasteiger partial charge in [-0.2, -0.15) is 0 Å². The zero-order valence-electron chi connectivity index (χ0n) is 22.8. The average molecular weight is 580 g/mol. The van der Waals surface area contributed by atoms with Crippen LogP contribution in [0.25, 0.3) is 0 Å². The molecule has 10 heteroatoms. The van der Waals surface area contributed by atoms with Crippen molar-refractivity contribution in [1.29, 1.82) is 0 Å². The standard InChI is InChI=1S/C28H38N2O2.BF4.Co/c1-27(2,3)21-15-20(26(32)22(16-21)28(4,5)6)18-30-24-13-9-8-12-23(24)29-17-19-11-7-10-14-25(19)31;2-1(3,4)5;/h7,10-11,14-18,23-24,31-32H,8-9,12-13H2,1-6H3;;/q;-1;+2/t23-,24-;;/m0../s1. The Bertz CT molecular complexity index is 1210. The molecule has 1 heterocycles. The van der Waals surface area contributed by atoms with Crippen molar-refractivity contribution in [1.82, 2.24) is 0 Å².